The molecule has 0 bridgehead atoms. The summed E-state index contributed by atoms with van der Waals surface area (Å²) in [4.78, 5) is 2.38. The first-order chi connectivity index (χ1) is 8.07. The number of likely N-dealkylation sites (N-methyl/N-ethyl adjacent to an activating group) is 1. The molecule has 3 heteroatoms. The van der Waals surface area contributed by atoms with Gasteiger partial charge in [-0.2, -0.15) is 0 Å². The highest BCUT2D eigenvalue weighted by Gasteiger charge is 2.38. The third kappa shape index (κ3) is 4.94. The highest BCUT2D eigenvalue weighted by atomic mass is 16.5. The van der Waals surface area contributed by atoms with Gasteiger partial charge >= 0.3 is 0 Å². The van der Waals surface area contributed by atoms with E-state index in [9.17, 15) is 0 Å². The van der Waals surface area contributed by atoms with Crippen molar-refractivity contribution in [3.05, 3.63) is 0 Å². The van der Waals surface area contributed by atoms with Crippen molar-refractivity contribution in [2.24, 2.45) is 5.92 Å². The predicted octanol–water partition coefficient (Wildman–Crippen LogP) is 2.12. The monoisotopic (exact) mass is 242 g/mol. The molecule has 1 aliphatic rings. The maximum atomic E-state index is 5.60. The maximum absolute atomic E-state index is 5.60. The Hall–Kier alpha value is -0.120. The number of hydrogen-bond donors (Lipinski definition) is 1. The van der Waals surface area contributed by atoms with E-state index < -0.39 is 0 Å². The van der Waals surface area contributed by atoms with Gasteiger partial charge in [-0.05, 0) is 45.7 Å². The number of rotatable bonds is 9. The molecule has 1 aliphatic carbocycles. The molecule has 17 heavy (non-hydrogen) atoms. The fraction of sp³-hybridized carbons (Fsp3) is 1.00. The van der Waals surface area contributed by atoms with Crippen molar-refractivity contribution in [3.8, 4) is 0 Å². The third-order valence-electron chi connectivity index (χ3n) is 3.95. The average Bonchev–Trinajstić information content (AvgIpc) is 2.18. The van der Waals surface area contributed by atoms with Gasteiger partial charge in [0, 0.05) is 25.2 Å². The van der Waals surface area contributed by atoms with Crippen molar-refractivity contribution >= 4 is 0 Å². The summed E-state index contributed by atoms with van der Waals surface area (Å²) in [6, 6.07) is 0. The van der Waals surface area contributed by atoms with Gasteiger partial charge < -0.3 is 15.0 Å². The van der Waals surface area contributed by atoms with E-state index in [1.165, 1.54) is 25.7 Å². The maximum Gasteiger partial charge on any atom is 0.0590 e. The average molecular weight is 242 g/mol. The highest BCUT2D eigenvalue weighted by molar-refractivity contribution is 4.97. The van der Waals surface area contributed by atoms with Crippen LogP contribution in [0.3, 0.4) is 0 Å². The Morgan fingerprint density at radius 1 is 1.24 bits per heavy atom. The van der Waals surface area contributed by atoms with Crippen LogP contribution >= 0.6 is 0 Å². The summed E-state index contributed by atoms with van der Waals surface area (Å²) in [5, 5.41) is 3.53. The lowest BCUT2D eigenvalue weighted by Crippen LogP contribution is -2.56. The molecule has 1 N–H and O–H groups in total. The molecule has 0 amide bonds. The number of nitrogens with one attached hydrogen (secondary N) is 1. The minimum Gasteiger partial charge on any atom is -0.380 e. The second-order valence-electron chi connectivity index (χ2n) is 5.94. The van der Waals surface area contributed by atoms with Gasteiger partial charge in [0.05, 0.1) is 6.61 Å². The molecular weight excluding hydrogens is 212 g/mol. The number of hydrogen-bond acceptors (Lipinski definition) is 3. The number of ether oxygens (including phenoxy) is 1. The minimum absolute atomic E-state index is 0.429. The third-order valence-corrected chi connectivity index (χ3v) is 3.95. The Morgan fingerprint density at radius 2 is 1.94 bits per heavy atom. The summed E-state index contributed by atoms with van der Waals surface area (Å²) >= 11 is 0. The van der Waals surface area contributed by atoms with Gasteiger partial charge in [-0.25, -0.2) is 0 Å². The van der Waals surface area contributed by atoms with Crippen LogP contribution in [0.2, 0.25) is 0 Å². The Morgan fingerprint density at radius 3 is 2.41 bits per heavy atom. The Kier molecular flexibility index (Phi) is 6.45. The molecule has 0 unspecified atom stereocenters. The summed E-state index contributed by atoms with van der Waals surface area (Å²) in [5.74, 6) is 0.745. The minimum atomic E-state index is 0.429. The molecule has 102 valence electrons. The van der Waals surface area contributed by atoms with Gasteiger partial charge in [-0.1, -0.05) is 13.8 Å². The zero-order valence-corrected chi connectivity index (χ0v) is 12.1. The van der Waals surface area contributed by atoms with Crippen molar-refractivity contribution in [1.29, 1.82) is 0 Å². The van der Waals surface area contributed by atoms with Crippen LogP contribution in [0.1, 0.15) is 39.5 Å². The van der Waals surface area contributed by atoms with E-state index in [2.05, 4.69) is 38.2 Å². The van der Waals surface area contributed by atoms with E-state index >= 15 is 0 Å². The molecule has 1 saturated carbocycles. The van der Waals surface area contributed by atoms with E-state index in [1.54, 1.807) is 0 Å². The first-order valence-electron chi connectivity index (χ1n) is 7.03. The fourth-order valence-corrected chi connectivity index (χ4v) is 2.25. The summed E-state index contributed by atoms with van der Waals surface area (Å²) in [7, 11) is 4.39. The molecule has 3 nitrogen and oxygen atoms in total. The molecule has 0 radical (unpaired) electrons. The highest BCUT2D eigenvalue weighted by Crippen LogP contribution is 2.35. The standard InChI is InChI=1S/C14H30N2O/c1-13(2)6-10-17-11-9-15-12-14(16(3)4)7-5-8-14/h13,15H,5-12H2,1-4H3. The van der Waals surface area contributed by atoms with Gasteiger partial charge in [0.25, 0.3) is 0 Å². The van der Waals surface area contributed by atoms with Crippen molar-refractivity contribution in [3.63, 3.8) is 0 Å². The van der Waals surface area contributed by atoms with Gasteiger partial charge in [-0.3, -0.25) is 0 Å². The molecule has 0 heterocycles. The predicted molar refractivity (Wildman–Crippen MR) is 73.4 cm³/mol. The molecule has 0 aromatic carbocycles. The van der Waals surface area contributed by atoms with Crippen molar-refractivity contribution in [2.45, 2.75) is 45.1 Å². The van der Waals surface area contributed by atoms with Gasteiger partial charge in [0.1, 0.15) is 0 Å². The molecule has 1 rings (SSSR count). The molecule has 0 spiro atoms. The molecule has 0 atom stereocenters. The zero-order valence-electron chi connectivity index (χ0n) is 12.1. The van der Waals surface area contributed by atoms with Crippen LogP contribution < -0.4 is 5.32 Å². The quantitative estimate of drug-likeness (QED) is 0.627. The summed E-state index contributed by atoms with van der Waals surface area (Å²) in [6.45, 7) is 8.30. The van der Waals surface area contributed by atoms with E-state index in [0.29, 0.717) is 5.54 Å². The van der Waals surface area contributed by atoms with E-state index in [4.69, 9.17) is 4.74 Å². The normalized spacial score (nSPS) is 18.7. The topological polar surface area (TPSA) is 24.5 Å². The van der Waals surface area contributed by atoms with Crippen LogP contribution in [-0.4, -0.2) is 50.8 Å². The molecule has 0 aromatic heterocycles. The lowest BCUT2D eigenvalue weighted by Gasteiger charge is -2.47. The molecule has 1 fully saturated rings. The lowest BCUT2D eigenvalue weighted by molar-refractivity contribution is 0.0559. The van der Waals surface area contributed by atoms with Crippen LogP contribution in [0.4, 0.5) is 0 Å². The molecule has 0 aliphatic heterocycles. The first kappa shape index (κ1) is 14.9. The van der Waals surface area contributed by atoms with Crippen LogP contribution in [-0.2, 0) is 4.74 Å². The first-order valence-corrected chi connectivity index (χ1v) is 7.03. The van der Waals surface area contributed by atoms with E-state index in [1.807, 2.05) is 0 Å². The van der Waals surface area contributed by atoms with Crippen LogP contribution in [0.25, 0.3) is 0 Å². The smallest absolute Gasteiger partial charge is 0.0590 e. The molecule has 0 aromatic rings. The van der Waals surface area contributed by atoms with Gasteiger partial charge in [0.15, 0.2) is 0 Å². The van der Waals surface area contributed by atoms with E-state index in [-0.39, 0.29) is 0 Å². The Balaban J connectivity index is 1.97. The second kappa shape index (κ2) is 7.34. The second-order valence-corrected chi connectivity index (χ2v) is 5.94. The van der Waals surface area contributed by atoms with Crippen molar-refractivity contribution in [2.75, 3.05) is 40.4 Å². The van der Waals surface area contributed by atoms with E-state index in [0.717, 1.165) is 32.2 Å². The fourth-order valence-electron chi connectivity index (χ4n) is 2.25. The van der Waals surface area contributed by atoms with Crippen LogP contribution in [0.15, 0.2) is 0 Å². The SMILES string of the molecule is CC(C)CCOCCNCC1(N(C)C)CCC1. The summed E-state index contributed by atoms with van der Waals surface area (Å²) in [6.07, 6.45) is 5.22. The zero-order chi connectivity index (χ0) is 12.7. The molecular formula is C14H30N2O. The largest absolute Gasteiger partial charge is 0.380 e. The van der Waals surface area contributed by atoms with Crippen LogP contribution in [0.5, 0.6) is 0 Å². The van der Waals surface area contributed by atoms with Gasteiger partial charge in [-0.15, -0.1) is 0 Å². The summed E-state index contributed by atoms with van der Waals surface area (Å²) < 4.78 is 5.60. The van der Waals surface area contributed by atoms with Crippen molar-refractivity contribution < 1.29 is 4.74 Å². The van der Waals surface area contributed by atoms with Gasteiger partial charge in [0.2, 0.25) is 0 Å². The lowest BCUT2D eigenvalue weighted by atomic mass is 9.75. The Bertz CT molecular complexity index is 200. The van der Waals surface area contributed by atoms with Crippen LogP contribution in [0, 0.1) is 5.92 Å². The van der Waals surface area contributed by atoms with Crippen molar-refractivity contribution in [1.82, 2.24) is 10.2 Å². The Labute approximate surface area is 107 Å². The summed E-state index contributed by atoms with van der Waals surface area (Å²) in [5.41, 5.74) is 0.429. The molecule has 0 saturated heterocycles. The number of nitrogens with zero attached hydrogens (tertiary/aromatic N) is 1.